The number of likely N-dealkylation sites (N-methyl/N-ethyl adjacent to an activating group) is 1. The number of hydrogen-bond donors (Lipinski definition) is 1. The van der Waals surface area contributed by atoms with Crippen LogP contribution < -0.4 is 15.0 Å². The van der Waals surface area contributed by atoms with E-state index >= 15 is 0 Å². The van der Waals surface area contributed by atoms with Crippen molar-refractivity contribution in [2.45, 2.75) is 31.4 Å². The van der Waals surface area contributed by atoms with Crippen molar-refractivity contribution in [1.82, 2.24) is 15.1 Å². The number of carbonyl (C=O) groups excluding carboxylic acids is 4. The molecule has 2 aliphatic heterocycles. The number of urea groups is 1. The molecule has 1 aliphatic carbocycles. The molecule has 4 rings (SSSR count). The van der Waals surface area contributed by atoms with Crippen LogP contribution in [0.2, 0.25) is 0 Å². The lowest BCUT2D eigenvalue weighted by Gasteiger charge is -2.35. The maximum atomic E-state index is 13.1. The molecule has 29 heavy (non-hydrogen) atoms. The van der Waals surface area contributed by atoms with Gasteiger partial charge >= 0.3 is 6.03 Å². The summed E-state index contributed by atoms with van der Waals surface area (Å²) in [6.45, 7) is 1.34. The lowest BCUT2D eigenvalue weighted by atomic mass is 9.96. The highest BCUT2D eigenvalue weighted by atomic mass is 16.5. The fraction of sp³-hybridized carbons (Fsp3) is 0.500. The molecule has 0 aromatic heterocycles. The van der Waals surface area contributed by atoms with Crippen LogP contribution in [0, 0.1) is 5.92 Å². The van der Waals surface area contributed by atoms with Crippen molar-refractivity contribution in [1.29, 1.82) is 0 Å². The fourth-order valence-corrected chi connectivity index (χ4v) is 3.90. The Kier molecular flexibility index (Phi) is 4.48. The Morgan fingerprint density at radius 2 is 1.93 bits per heavy atom. The van der Waals surface area contributed by atoms with Crippen LogP contribution in [-0.4, -0.2) is 72.4 Å². The molecule has 1 aromatic carbocycles. The molecule has 154 valence electrons. The van der Waals surface area contributed by atoms with Gasteiger partial charge in [-0.15, -0.1) is 0 Å². The molecule has 1 N–H and O–H groups in total. The number of fused-ring (bicyclic) bond motifs is 1. The minimum Gasteiger partial charge on any atom is -0.476 e. The first-order valence-electron chi connectivity index (χ1n) is 9.63. The average Bonchev–Trinajstić information content (AvgIpc) is 3.52. The predicted molar refractivity (Wildman–Crippen MR) is 103 cm³/mol. The normalized spacial score (nSPS) is 26.0. The van der Waals surface area contributed by atoms with Gasteiger partial charge in [-0.1, -0.05) is 12.1 Å². The number of hydrogen-bond acceptors (Lipinski definition) is 5. The van der Waals surface area contributed by atoms with Gasteiger partial charge in [0, 0.05) is 14.1 Å². The lowest BCUT2D eigenvalue weighted by molar-refractivity contribution is -0.137. The molecule has 0 unspecified atom stereocenters. The highest BCUT2D eigenvalue weighted by Crippen LogP contribution is 2.42. The number of nitrogens with zero attached hydrogens (tertiary/aromatic N) is 3. The third-order valence-corrected chi connectivity index (χ3v) is 5.78. The van der Waals surface area contributed by atoms with Crippen LogP contribution in [0.4, 0.5) is 10.5 Å². The van der Waals surface area contributed by atoms with Crippen molar-refractivity contribution in [3.05, 3.63) is 24.3 Å². The van der Waals surface area contributed by atoms with Crippen molar-refractivity contribution in [2.24, 2.45) is 5.92 Å². The van der Waals surface area contributed by atoms with Gasteiger partial charge in [-0.25, -0.2) is 4.79 Å². The molecule has 1 saturated carbocycles. The molecule has 2 fully saturated rings. The predicted octanol–water partition coefficient (Wildman–Crippen LogP) is 0.589. The number of carbonyl (C=O) groups is 4. The Morgan fingerprint density at radius 1 is 1.24 bits per heavy atom. The summed E-state index contributed by atoms with van der Waals surface area (Å²) < 4.78 is 5.78. The second-order valence-electron chi connectivity index (χ2n) is 8.11. The van der Waals surface area contributed by atoms with Gasteiger partial charge in [0.2, 0.25) is 5.91 Å². The van der Waals surface area contributed by atoms with Gasteiger partial charge in [0.15, 0.2) is 6.10 Å². The Morgan fingerprint density at radius 3 is 2.59 bits per heavy atom. The van der Waals surface area contributed by atoms with Gasteiger partial charge in [0.05, 0.1) is 12.2 Å². The van der Waals surface area contributed by atoms with E-state index in [0.29, 0.717) is 11.4 Å². The average molecular weight is 400 g/mol. The molecule has 9 nitrogen and oxygen atoms in total. The van der Waals surface area contributed by atoms with E-state index in [1.54, 1.807) is 45.3 Å². The smallest absolute Gasteiger partial charge is 0.325 e. The summed E-state index contributed by atoms with van der Waals surface area (Å²) in [5.74, 6) is -0.562. The molecule has 2 atom stereocenters. The maximum absolute atomic E-state index is 13.1. The molecular weight excluding hydrogens is 376 g/mol. The third kappa shape index (κ3) is 3.20. The van der Waals surface area contributed by atoms with E-state index in [-0.39, 0.29) is 30.8 Å². The third-order valence-electron chi connectivity index (χ3n) is 5.78. The largest absolute Gasteiger partial charge is 0.476 e. The number of amides is 5. The Balaban J connectivity index is 1.56. The number of nitrogens with one attached hydrogen (secondary N) is 1. The van der Waals surface area contributed by atoms with Crippen LogP contribution in [0.1, 0.15) is 19.8 Å². The van der Waals surface area contributed by atoms with E-state index in [4.69, 9.17) is 4.74 Å². The summed E-state index contributed by atoms with van der Waals surface area (Å²) >= 11 is 0. The van der Waals surface area contributed by atoms with Crippen molar-refractivity contribution in [3.8, 4) is 5.75 Å². The van der Waals surface area contributed by atoms with Crippen molar-refractivity contribution in [2.75, 3.05) is 32.1 Å². The molecule has 5 amide bonds. The van der Waals surface area contributed by atoms with E-state index in [0.717, 1.165) is 17.7 Å². The van der Waals surface area contributed by atoms with Crippen LogP contribution >= 0.6 is 0 Å². The summed E-state index contributed by atoms with van der Waals surface area (Å²) in [5.41, 5.74) is -0.429. The summed E-state index contributed by atoms with van der Waals surface area (Å²) in [6, 6.07) is 6.35. The van der Waals surface area contributed by atoms with Gasteiger partial charge in [0.1, 0.15) is 17.8 Å². The van der Waals surface area contributed by atoms with Crippen LogP contribution in [0.3, 0.4) is 0 Å². The second-order valence-corrected chi connectivity index (χ2v) is 8.11. The summed E-state index contributed by atoms with van der Waals surface area (Å²) in [5, 5.41) is 2.74. The topological polar surface area (TPSA) is 99.3 Å². The van der Waals surface area contributed by atoms with Gasteiger partial charge in [-0.05, 0) is 37.8 Å². The van der Waals surface area contributed by atoms with E-state index < -0.39 is 23.6 Å². The van der Waals surface area contributed by atoms with Gasteiger partial charge in [-0.2, -0.15) is 0 Å². The molecule has 0 bridgehead atoms. The number of ether oxygens (including phenoxy) is 1. The summed E-state index contributed by atoms with van der Waals surface area (Å²) in [6.07, 6.45) is 0.911. The molecule has 2 heterocycles. The van der Waals surface area contributed by atoms with Crippen LogP contribution in [0.15, 0.2) is 24.3 Å². The molecule has 9 heteroatoms. The molecule has 0 spiro atoms. The number of imide groups is 1. The molecule has 0 radical (unpaired) electrons. The number of rotatable bonds is 4. The van der Waals surface area contributed by atoms with Gasteiger partial charge in [0.25, 0.3) is 11.8 Å². The Labute approximate surface area is 168 Å². The number of benzene rings is 1. The van der Waals surface area contributed by atoms with E-state index in [9.17, 15) is 19.2 Å². The van der Waals surface area contributed by atoms with Crippen LogP contribution in [-0.2, 0) is 14.4 Å². The molecular formula is C20H24N4O5. The van der Waals surface area contributed by atoms with Crippen molar-refractivity contribution in [3.63, 3.8) is 0 Å². The lowest BCUT2D eigenvalue weighted by Crippen LogP contribution is -2.53. The second kappa shape index (κ2) is 6.75. The van der Waals surface area contributed by atoms with Crippen LogP contribution in [0.25, 0.3) is 0 Å². The number of para-hydroxylation sites is 2. The van der Waals surface area contributed by atoms with E-state index in [2.05, 4.69) is 5.32 Å². The zero-order chi connectivity index (χ0) is 20.9. The zero-order valence-corrected chi connectivity index (χ0v) is 16.7. The van der Waals surface area contributed by atoms with Crippen molar-refractivity contribution >= 4 is 29.4 Å². The minimum atomic E-state index is -0.941. The van der Waals surface area contributed by atoms with Crippen molar-refractivity contribution < 1.29 is 23.9 Å². The Bertz CT molecular complexity index is 897. The Hall–Kier alpha value is -3.10. The molecule has 1 saturated heterocycles. The van der Waals surface area contributed by atoms with E-state index in [1.807, 2.05) is 0 Å². The highest BCUT2D eigenvalue weighted by Gasteiger charge is 2.56. The van der Waals surface area contributed by atoms with Crippen LogP contribution in [0.5, 0.6) is 5.75 Å². The first-order chi connectivity index (χ1) is 13.7. The summed E-state index contributed by atoms with van der Waals surface area (Å²) in [7, 11) is 3.23. The first kappa shape index (κ1) is 19.2. The first-order valence-corrected chi connectivity index (χ1v) is 9.63. The monoisotopic (exact) mass is 400 g/mol. The minimum absolute atomic E-state index is 0.0103. The SMILES string of the molecule is CN(C)C(=O)[C@H]1CN(C(=O)CN2C(=O)N[C@](C)(C3CC3)C2=O)c2ccccc2O1. The fourth-order valence-electron chi connectivity index (χ4n) is 3.90. The molecule has 3 aliphatic rings. The molecule has 1 aromatic rings. The maximum Gasteiger partial charge on any atom is 0.325 e. The van der Waals surface area contributed by atoms with E-state index in [1.165, 1.54) is 9.80 Å². The number of anilines is 1. The summed E-state index contributed by atoms with van der Waals surface area (Å²) in [4.78, 5) is 54.6. The highest BCUT2D eigenvalue weighted by molar-refractivity contribution is 6.11. The standard InChI is InChI=1S/C20H24N4O5/c1-20(12-8-9-12)18(27)24(19(28)21-20)11-16(25)23-10-15(17(26)22(2)3)29-14-7-5-4-6-13(14)23/h4-7,12,15H,8-11H2,1-3H3,(H,21,28)/t15-,20-/m1/s1. The van der Waals surface area contributed by atoms with Gasteiger partial charge < -0.3 is 19.9 Å². The van der Waals surface area contributed by atoms with Gasteiger partial charge in [-0.3, -0.25) is 19.3 Å². The zero-order valence-electron chi connectivity index (χ0n) is 16.7. The quantitative estimate of drug-likeness (QED) is 0.746.